The molecule has 0 bridgehead atoms. The number of hydrogen-bond donors (Lipinski definition) is 3. The minimum Gasteiger partial charge on any atom is -0.504 e. The molecule has 1 aliphatic carbocycles. The van der Waals surface area contributed by atoms with Gasteiger partial charge in [0.2, 0.25) is 0 Å². The lowest BCUT2D eigenvalue weighted by molar-refractivity contribution is 0.445. The molecule has 186 valence electrons. The number of furan rings is 1. The Kier molecular flexibility index (Phi) is 6.57. The molecule has 2 aliphatic rings. The normalized spacial score (nSPS) is 20.1. The lowest BCUT2D eigenvalue weighted by Crippen LogP contribution is -2.28. The van der Waals surface area contributed by atoms with Gasteiger partial charge < -0.3 is 14.8 Å². The van der Waals surface area contributed by atoms with E-state index in [0.29, 0.717) is 12.2 Å². The Bertz CT molecular complexity index is 1350. The third-order valence-corrected chi connectivity index (χ3v) is 10.2. The number of aliphatic imine (C=N–C) groups is 1. The summed E-state index contributed by atoms with van der Waals surface area (Å²) in [6.07, 6.45) is 3.80. The highest BCUT2D eigenvalue weighted by Gasteiger charge is 2.38. The van der Waals surface area contributed by atoms with Crippen LogP contribution in [0, 0.1) is 0 Å². The number of sulfonamides is 2. The Hall–Kier alpha value is -2.35. The fourth-order valence-electron chi connectivity index (χ4n) is 3.49. The molecular formula is C21H28N4O6S3. The van der Waals surface area contributed by atoms with Gasteiger partial charge in [-0.25, -0.2) is 16.8 Å². The molecule has 3 heterocycles. The first-order valence-corrected chi connectivity index (χ1v) is 14.8. The van der Waals surface area contributed by atoms with Crippen molar-refractivity contribution in [1.29, 1.82) is 0 Å². The summed E-state index contributed by atoms with van der Waals surface area (Å²) in [5.41, 5.74) is 1.20. The summed E-state index contributed by atoms with van der Waals surface area (Å²) in [6, 6.07) is 1.41. The summed E-state index contributed by atoms with van der Waals surface area (Å²) in [5.74, 6) is 0.482. The lowest BCUT2D eigenvalue weighted by Gasteiger charge is -2.15. The van der Waals surface area contributed by atoms with Crippen molar-refractivity contribution in [2.45, 2.75) is 62.2 Å². The Balaban J connectivity index is 1.62. The topological polar surface area (TPSA) is 141 Å². The van der Waals surface area contributed by atoms with E-state index >= 15 is 0 Å². The second-order valence-electron chi connectivity index (χ2n) is 8.68. The molecule has 1 aliphatic heterocycles. The number of hydrogen-bond acceptors (Lipinski definition) is 9. The summed E-state index contributed by atoms with van der Waals surface area (Å²) < 4.78 is 59.3. The molecule has 0 saturated heterocycles. The Morgan fingerprint density at radius 2 is 2.09 bits per heavy atom. The van der Waals surface area contributed by atoms with Crippen molar-refractivity contribution in [3.63, 3.8) is 0 Å². The molecule has 2 aromatic heterocycles. The third kappa shape index (κ3) is 4.88. The molecule has 0 spiro atoms. The first-order chi connectivity index (χ1) is 15.9. The summed E-state index contributed by atoms with van der Waals surface area (Å²) in [4.78, 5) is 4.55. The quantitative estimate of drug-likeness (QED) is 0.451. The molecule has 1 atom stereocenters. The maximum Gasteiger partial charge on any atom is 0.258 e. The predicted octanol–water partition coefficient (Wildman–Crippen LogP) is 3.69. The van der Waals surface area contributed by atoms with Crippen molar-refractivity contribution in [1.82, 2.24) is 9.03 Å². The van der Waals surface area contributed by atoms with Crippen LogP contribution in [0.4, 0.5) is 5.69 Å². The minimum atomic E-state index is -3.85. The third-order valence-electron chi connectivity index (χ3n) is 5.75. The number of amidine groups is 1. The van der Waals surface area contributed by atoms with Gasteiger partial charge in [0.1, 0.15) is 11.8 Å². The standard InChI is InChI=1S/C21H28N4O6S3/c1-5-15(18-8-13(9-31-18)12(2)3)23-20-17(11-33(27,28)24-20)22-16-10-32-21(19(16)26)34(29,30)25(4)14-6-7-14/h8-12,14-15,22,26H,5-7H2,1-4H3,(H,23,24)/t15-/m1/s1. The zero-order chi connectivity index (χ0) is 24.8. The first-order valence-electron chi connectivity index (χ1n) is 10.9. The highest BCUT2D eigenvalue weighted by molar-refractivity contribution is 7.93. The van der Waals surface area contributed by atoms with Crippen LogP contribution in [0.25, 0.3) is 0 Å². The number of anilines is 1. The van der Waals surface area contributed by atoms with E-state index in [-0.39, 0.29) is 33.4 Å². The van der Waals surface area contributed by atoms with Gasteiger partial charge in [0, 0.05) is 18.5 Å². The maximum absolute atomic E-state index is 12.8. The molecule has 0 radical (unpaired) electrons. The van der Waals surface area contributed by atoms with Crippen molar-refractivity contribution in [3.8, 4) is 5.75 Å². The zero-order valence-electron chi connectivity index (χ0n) is 19.3. The molecule has 1 fully saturated rings. The summed E-state index contributed by atoms with van der Waals surface area (Å²) in [7, 11) is -6.16. The highest BCUT2D eigenvalue weighted by atomic mass is 32.2. The van der Waals surface area contributed by atoms with Gasteiger partial charge in [-0.1, -0.05) is 20.8 Å². The largest absolute Gasteiger partial charge is 0.504 e. The Morgan fingerprint density at radius 1 is 1.38 bits per heavy atom. The van der Waals surface area contributed by atoms with E-state index in [0.717, 1.165) is 35.1 Å². The SMILES string of the molecule is CC[C@@H](N=C1NS(=O)(=O)C=C1Nc1csc(S(=O)(=O)N(C)C2CC2)c1O)c1cc(C(C)C)co1. The minimum absolute atomic E-state index is 0.0550. The average molecular weight is 529 g/mol. The fraction of sp³-hybridized carbons (Fsp3) is 0.476. The van der Waals surface area contributed by atoms with Gasteiger partial charge in [-0.05, 0) is 36.8 Å². The van der Waals surface area contributed by atoms with Crippen LogP contribution in [0.1, 0.15) is 63.3 Å². The zero-order valence-corrected chi connectivity index (χ0v) is 21.7. The summed E-state index contributed by atoms with van der Waals surface area (Å²) in [5, 5.41) is 15.9. The maximum atomic E-state index is 12.8. The molecule has 3 N–H and O–H groups in total. The van der Waals surface area contributed by atoms with Gasteiger partial charge in [0.25, 0.3) is 20.0 Å². The summed E-state index contributed by atoms with van der Waals surface area (Å²) in [6.45, 7) is 5.99. The van der Waals surface area contributed by atoms with E-state index in [2.05, 4.69) is 15.0 Å². The van der Waals surface area contributed by atoms with Crippen LogP contribution >= 0.6 is 11.3 Å². The number of aromatic hydroxyl groups is 1. The van der Waals surface area contributed by atoms with E-state index in [1.54, 1.807) is 6.26 Å². The van der Waals surface area contributed by atoms with Gasteiger partial charge in [0.05, 0.1) is 23.1 Å². The van der Waals surface area contributed by atoms with Crippen LogP contribution in [0.15, 0.2) is 42.4 Å². The lowest BCUT2D eigenvalue weighted by atomic mass is 10.1. The van der Waals surface area contributed by atoms with Crippen molar-refractivity contribution in [2.75, 3.05) is 12.4 Å². The summed E-state index contributed by atoms with van der Waals surface area (Å²) >= 11 is 0.868. The number of nitrogens with one attached hydrogen (secondary N) is 2. The van der Waals surface area contributed by atoms with Crippen molar-refractivity contribution in [2.24, 2.45) is 4.99 Å². The van der Waals surface area contributed by atoms with E-state index in [1.807, 2.05) is 26.8 Å². The van der Waals surface area contributed by atoms with E-state index in [9.17, 15) is 21.9 Å². The van der Waals surface area contributed by atoms with Crippen molar-refractivity contribution < 1.29 is 26.4 Å². The van der Waals surface area contributed by atoms with E-state index in [4.69, 9.17) is 4.42 Å². The van der Waals surface area contributed by atoms with Gasteiger partial charge >= 0.3 is 0 Å². The highest BCUT2D eigenvalue weighted by Crippen LogP contribution is 2.42. The fourth-order valence-corrected chi connectivity index (χ4v) is 7.28. The molecule has 34 heavy (non-hydrogen) atoms. The van der Waals surface area contributed by atoms with Crippen molar-refractivity contribution >= 4 is 42.9 Å². The van der Waals surface area contributed by atoms with Crippen LogP contribution in [-0.2, 0) is 20.0 Å². The molecule has 0 amide bonds. The molecule has 0 unspecified atom stereocenters. The van der Waals surface area contributed by atoms with Gasteiger partial charge in [-0.3, -0.25) is 9.71 Å². The Labute approximate surface area is 203 Å². The van der Waals surface area contributed by atoms with Crippen molar-refractivity contribution in [3.05, 3.63) is 40.1 Å². The van der Waals surface area contributed by atoms with Crippen LogP contribution in [0.3, 0.4) is 0 Å². The Morgan fingerprint density at radius 3 is 2.68 bits per heavy atom. The number of thiophene rings is 1. The molecule has 0 aromatic carbocycles. The van der Waals surface area contributed by atoms with E-state index in [1.165, 1.54) is 16.7 Å². The predicted molar refractivity (Wildman–Crippen MR) is 131 cm³/mol. The molecular weight excluding hydrogens is 500 g/mol. The van der Waals surface area contributed by atoms with Gasteiger partial charge in [-0.15, -0.1) is 11.3 Å². The second-order valence-corrected chi connectivity index (χ2v) is 13.3. The average Bonchev–Trinajstić information content (AvgIpc) is 3.25. The van der Waals surface area contributed by atoms with Gasteiger partial charge in [-0.2, -0.15) is 4.31 Å². The van der Waals surface area contributed by atoms with Crippen LogP contribution in [-0.4, -0.2) is 45.2 Å². The second kappa shape index (κ2) is 9.02. The monoisotopic (exact) mass is 528 g/mol. The van der Waals surface area contributed by atoms with E-state index < -0.39 is 31.8 Å². The van der Waals surface area contributed by atoms with Crippen LogP contribution < -0.4 is 10.0 Å². The van der Waals surface area contributed by atoms with Gasteiger partial charge in [0.15, 0.2) is 15.8 Å². The molecule has 1 saturated carbocycles. The number of rotatable bonds is 9. The molecule has 2 aromatic rings. The van der Waals surface area contributed by atoms with Crippen LogP contribution in [0.2, 0.25) is 0 Å². The molecule has 13 heteroatoms. The molecule has 4 rings (SSSR count). The smallest absolute Gasteiger partial charge is 0.258 e. The molecule has 10 nitrogen and oxygen atoms in total. The van der Waals surface area contributed by atoms with Crippen LogP contribution in [0.5, 0.6) is 5.75 Å². The first kappa shape index (κ1) is 24.8. The number of nitrogens with zero attached hydrogens (tertiary/aromatic N) is 2.